The van der Waals surface area contributed by atoms with Gasteiger partial charge in [-0.3, -0.25) is 0 Å². The summed E-state index contributed by atoms with van der Waals surface area (Å²) in [4.78, 5) is 24.7. The molecule has 6 nitrogen and oxygen atoms in total. The Morgan fingerprint density at radius 2 is 2.00 bits per heavy atom. The van der Waals surface area contributed by atoms with Gasteiger partial charge in [0.15, 0.2) is 0 Å². The summed E-state index contributed by atoms with van der Waals surface area (Å²) in [7, 11) is 0. The fraction of sp³-hybridized carbons (Fsp3) is 0.846. The van der Waals surface area contributed by atoms with Gasteiger partial charge in [0.25, 0.3) is 0 Å². The lowest BCUT2D eigenvalue weighted by molar-refractivity contribution is -0.141. The number of likely N-dealkylation sites (tertiary alicyclic amines) is 1. The second kappa shape index (κ2) is 5.00. The zero-order chi connectivity index (χ0) is 13.4. The van der Waals surface area contributed by atoms with Gasteiger partial charge in [-0.1, -0.05) is 0 Å². The maximum absolute atomic E-state index is 12.2. The van der Waals surface area contributed by atoms with Crippen LogP contribution in [0.2, 0.25) is 0 Å². The summed E-state index contributed by atoms with van der Waals surface area (Å²) >= 11 is 0. The van der Waals surface area contributed by atoms with Gasteiger partial charge < -0.3 is 20.1 Å². The molecule has 2 unspecified atom stereocenters. The van der Waals surface area contributed by atoms with Crippen LogP contribution in [0, 0.1) is 5.92 Å². The Labute approximate surface area is 112 Å². The number of rotatable bonds is 3. The monoisotopic (exact) mass is 268 g/mol. The van der Waals surface area contributed by atoms with Gasteiger partial charge in [-0.25, -0.2) is 9.59 Å². The minimum Gasteiger partial charge on any atom is -0.480 e. The number of carbonyl (C=O) groups excluding carboxylic acids is 1. The molecule has 3 aliphatic rings. The third-order valence-corrected chi connectivity index (χ3v) is 4.33. The summed E-state index contributed by atoms with van der Waals surface area (Å²) in [5.74, 6) is -0.323. The Morgan fingerprint density at radius 1 is 1.21 bits per heavy atom. The van der Waals surface area contributed by atoms with Gasteiger partial charge in [-0.05, 0) is 38.0 Å². The highest BCUT2D eigenvalue weighted by Gasteiger charge is 2.42. The standard InChI is InChI=1S/C13H20N2O4/c16-12(17)10-2-1-6-15(10)13(18)14-9-5-7-19-11(9)8-3-4-8/h8-11H,1-7H2,(H,14,18)(H,16,17)/t9?,10-,11?/m0/s1. The molecular formula is C13H20N2O4. The molecular weight excluding hydrogens is 248 g/mol. The normalized spacial score (nSPS) is 34.5. The van der Waals surface area contributed by atoms with E-state index in [2.05, 4.69) is 5.32 Å². The third kappa shape index (κ3) is 2.54. The molecule has 1 saturated carbocycles. The maximum atomic E-state index is 12.2. The highest BCUT2D eigenvalue weighted by atomic mass is 16.5. The van der Waals surface area contributed by atoms with E-state index in [0.29, 0.717) is 25.5 Å². The number of aliphatic carboxylic acids is 1. The number of amides is 2. The second-order valence-electron chi connectivity index (χ2n) is 5.71. The van der Waals surface area contributed by atoms with E-state index < -0.39 is 12.0 Å². The van der Waals surface area contributed by atoms with E-state index in [9.17, 15) is 9.59 Å². The van der Waals surface area contributed by atoms with E-state index in [1.54, 1.807) is 0 Å². The SMILES string of the molecule is O=C(O)[C@@H]1CCCN1C(=O)NC1CCOC1C1CC1. The Hall–Kier alpha value is -1.30. The first-order valence-electron chi connectivity index (χ1n) is 7.08. The molecule has 1 aliphatic carbocycles. The molecule has 19 heavy (non-hydrogen) atoms. The molecule has 2 N–H and O–H groups in total. The predicted octanol–water partition coefficient (Wildman–Crippen LogP) is 0.812. The lowest BCUT2D eigenvalue weighted by Gasteiger charge is -2.26. The Kier molecular flexibility index (Phi) is 3.35. The van der Waals surface area contributed by atoms with Crippen molar-refractivity contribution >= 4 is 12.0 Å². The average Bonchev–Trinajstić information content (AvgIpc) is 2.92. The van der Waals surface area contributed by atoms with Crippen molar-refractivity contribution in [2.45, 2.75) is 50.3 Å². The number of nitrogens with zero attached hydrogens (tertiary/aromatic N) is 1. The average molecular weight is 268 g/mol. The molecule has 2 heterocycles. The van der Waals surface area contributed by atoms with Crippen molar-refractivity contribution < 1.29 is 19.4 Å². The molecule has 0 aromatic heterocycles. The number of hydrogen-bond acceptors (Lipinski definition) is 3. The fourth-order valence-electron chi connectivity index (χ4n) is 3.16. The van der Waals surface area contributed by atoms with E-state index in [1.165, 1.54) is 17.7 Å². The van der Waals surface area contributed by atoms with E-state index in [1.807, 2.05) is 0 Å². The van der Waals surface area contributed by atoms with Crippen LogP contribution in [0.5, 0.6) is 0 Å². The Balaban J connectivity index is 1.59. The van der Waals surface area contributed by atoms with Crippen molar-refractivity contribution in [2.75, 3.05) is 13.2 Å². The van der Waals surface area contributed by atoms with Crippen LogP contribution in [0.3, 0.4) is 0 Å². The highest BCUT2D eigenvalue weighted by Crippen LogP contribution is 2.38. The van der Waals surface area contributed by atoms with Crippen molar-refractivity contribution in [1.82, 2.24) is 10.2 Å². The summed E-state index contributed by atoms with van der Waals surface area (Å²) < 4.78 is 5.68. The van der Waals surface area contributed by atoms with Crippen molar-refractivity contribution in [2.24, 2.45) is 5.92 Å². The first kappa shape index (κ1) is 12.7. The van der Waals surface area contributed by atoms with Crippen molar-refractivity contribution in [3.63, 3.8) is 0 Å². The van der Waals surface area contributed by atoms with Crippen LogP contribution in [-0.4, -0.2) is 53.3 Å². The minimum atomic E-state index is -0.908. The van der Waals surface area contributed by atoms with E-state index in [0.717, 1.165) is 12.8 Å². The Morgan fingerprint density at radius 3 is 2.68 bits per heavy atom. The van der Waals surface area contributed by atoms with Crippen LogP contribution in [0.15, 0.2) is 0 Å². The van der Waals surface area contributed by atoms with Gasteiger partial charge in [0, 0.05) is 13.2 Å². The number of carbonyl (C=O) groups is 2. The molecule has 0 bridgehead atoms. The molecule has 2 saturated heterocycles. The number of nitrogens with one attached hydrogen (secondary N) is 1. The lowest BCUT2D eigenvalue weighted by Crippen LogP contribution is -2.51. The zero-order valence-electron chi connectivity index (χ0n) is 10.9. The summed E-state index contributed by atoms with van der Waals surface area (Å²) in [5, 5.41) is 12.1. The minimum absolute atomic E-state index is 0.0510. The maximum Gasteiger partial charge on any atom is 0.326 e. The van der Waals surface area contributed by atoms with Gasteiger partial charge in [0.2, 0.25) is 0 Å². The van der Waals surface area contributed by atoms with Crippen LogP contribution in [0.25, 0.3) is 0 Å². The van der Waals surface area contributed by atoms with E-state index in [4.69, 9.17) is 9.84 Å². The third-order valence-electron chi connectivity index (χ3n) is 4.33. The van der Waals surface area contributed by atoms with E-state index in [-0.39, 0.29) is 18.2 Å². The van der Waals surface area contributed by atoms with Crippen LogP contribution in [-0.2, 0) is 9.53 Å². The number of ether oxygens (including phenoxy) is 1. The first-order chi connectivity index (χ1) is 9.16. The summed E-state index contributed by atoms with van der Waals surface area (Å²) in [6.07, 6.45) is 4.64. The van der Waals surface area contributed by atoms with Crippen molar-refractivity contribution in [1.29, 1.82) is 0 Å². The van der Waals surface area contributed by atoms with Crippen LogP contribution < -0.4 is 5.32 Å². The highest BCUT2D eigenvalue weighted by molar-refractivity contribution is 5.83. The molecule has 0 radical (unpaired) electrons. The van der Waals surface area contributed by atoms with Crippen LogP contribution >= 0.6 is 0 Å². The van der Waals surface area contributed by atoms with Gasteiger partial charge >= 0.3 is 12.0 Å². The molecule has 0 spiro atoms. The molecule has 2 amide bonds. The van der Waals surface area contributed by atoms with Gasteiger partial charge in [0.1, 0.15) is 6.04 Å². The van der Waals surface area contributed by atoms with Crippen LogP contribution in [0.4, 0.5) is 4.79 Å². The fourth-order valence-corrected chi connectivity index (χ4v) is 3.16. The van der Waals surface area contributed by atoms with Crippen LogP contribution in [0.1, 0.15) is 32.1 Å². The molecule has 2 aliphatic heterocycles. The van der Waals surface area contributed by atoms with Gasteiger partial charge in [-0.2, -0.15) is 0 Å². The van der Waals surface area contributed by atoms with Crippen molar-refractivity contribution in [3.05, 3.63) is 0 Å². The number of hydrogen-bond donors (Lipinski definition) is 2. The van der Waals surface area contributed by atoms with Gasteiger partial charge in [-0.15, -0.1) is 0 Å². The van der Waals surface area contributed by atoms with Crippen molar-refractivity contribution in [3.8, 4) is 0 Å². The molecule has 0 aromatic rings. The summed E-state index contributed by atoms with van der Waals surface area (Å²) in [6, 6.07) is -0.859. The molecule has 3 rings (SSSR count). The largest absolute Gasteiger partial charge is 0.480 e. The molecule has 3 fully saturated rings. The molecule has 0 aromatic carbocycles. The second-order valence-corrected chi connectivity index (χ2v) is 5.71. The number of carboxylic acids is 1. The number of carboxylic acid groups (broad SMARTS) is 1. The molecule has 6 heteroatoms. The lowest BCUT2D eigenvalue weighted by atomic mass is 10.1. The Bertz CT molecular complexity index is 383. The predicted molar refractivity (Wildman–Crippen MR) is 66.8 cm³/mol. The van der Waals surface area contributed by atoms with E-state index >= 15 is 0 Å². The quantitative estimate of drug-likeness (QED) is 0.794. The molecule has 3 atom stereocenters. The summed E-state index contributed by atoms with van der Waals surface area (Å²) in [5.41, 5.74) is 0. The van der Waals surface area contributed by atoms with Gasteiger partial charge in [0.05, 0.1) is 12.1 Å². The first-order valence-corrected chi connectivity index (χ1v) is 7.08. The smallest absolute Gasteiger partial charge is 0.326 e. The summed E-state index contributed by atoms with van der Waals surface area (Å²) in [6.45, 7) is 1.22. The molecule has 106 valence electrons. The topological polar surface area (TPSA) is 78.9 Å². The zero-order valence-corrected chi connectivity index (χ0v) is 10.9. The number of urea groups is 1.